The van der Waals surface area contributed by atoms with Gasteiger partial charge in [-0.3, -0.25) is 4.99 Å². The van der Waals surface area contributed by atoms with Crippen LogP contribution in [0.5, 0.6) is 0 Å². The van der Waals surface area contributed by atoms with E-state index in [1.165, 1.54) is 25.9 Å². The standard InChI is InChI=1S/C15H32N4O2.HI/c1-16-15(17-7-4-10-21-12-11-20-3)18-13-14-5-8-19(2)9-6-14;/h14H,4-13H2,1-3H3,(H2,16,17,18);1H. The first-order valence-electron chi connectivity index (χ1n) is 7.96. The molecule has 1 rings (SSSR count). The maximum absolute atomic E-state index is 5.42. The van der Waals surface area contributed by atoms with Crippen LogP contribution in [0.4, 0.5) is 0 Å². The summed E-state index contributed by atoms with van der Waals surface area (Å²) in [4.78, 5) is 6.65. The molecular weight excluding hydrogens is 395 g/mol. The second-order valence-corrected chi connectivity index (χ2v) is 5.59. The van der Waals surface area contributed by atoms with Crippen molar-refractivity contribution >= 4 is 29.9 Å². The Morgan fingerprint density at radius 1 is 1.18 bits per heavy atom. The number of hydrogen-bond donors (Lipinski definition) is 2. The van der Waals surface area contributed by atoms with Gasteiger partial charge < -0.3 is 25.0 Å². The largest absolute Gasteiger partial charge is 0.382 e. The van der Waals surface area contributed by atoms with Crippen molar-refractivity contribution in [3.63, 3.8) is 0 Å². The number of hydrogen-bond acceptors (Lipinski definition) is 4. The SMILES string of the molecule is CN=C(NCCCOCCOC)NCC1CCN(C)CC1.I. The third-order valence-electron chi connectivity index (χ3n) is 3.81. The highest BCUT2D eigenvalue weighted by molar-refractivity contribution is 14.0. The molecule has 0 bridgehead atoms. The maximum Gasteiger partial charge on any atom is 0.190 e. The van der Waals surface area contributed by atoms with Gasteiger partial charge in [0.05, 0.1) is 13.2 Å². The Balaban J connectivity index is 0.00000441. The molecule has 1 fully saturated rings. The van der Waals surface area contributed by atoms with Crippen molar-refractivity contribution in [2.24, 2.45) is 10.9 Å². The molecule has 0 unspecified atom stereocenters. The van der Waals surface area contributed by atoms with Gasteiger partial charge in [-0.25, -0.2) is 0 Å². The number of ether oxygens (including phenoxy) is 2. The second kappa shape index (κ2) is 14.5. The van der Waals surface area contributed by atoms with Crippen LogP contribution in [-0.4, -0.2) is 78.1 Å². The zero-order valence-electron chi connectivity index (χ0n) is 14.3. The van der Waals surface area contributed by atoms with Gasteiger partial charge in [0.15, 0.2) is 5.96 Å². The topological polar surface area (TPSA) is 58.1 Å². The number of rotatable bonds is 9. The van der Waals surface area contributed by atoms with E-state index in [1.54, 1.807) is 7.11 Å². The molecule has 0 saturated carbocycles. The molecule has 7 heteroatoms. The van der Waals surface area contributed by atoms with Crippen molar-refractivity contribution in [2.45, 2.75) is 19.3 Å². The molecule has 0 atom stereocenters. The molecule has 0 radical (unpaired) electrons. The fraction of sp³-hybridized carbons (Fsp3) is 0.933. The molecule has 6 nitrogen and oxygen atoms in total. The van der Waals surface area contributed by atoms with Gasteiger partial charge in [0, 0.05) is 33.9 Å². The van der Waals surface area contributed by atoms with Crippen LogP contribution < -0.4 is 10.6 Å². The van der Waals surface area contributed by atoms with Gasteiger partial charge in [-0.1, -0.05) is 0 Å². The normalized spacial score (nSPS) is 17.1. The third-order valence-corrected chi connectivity index (χ3v) is 3.81. The first kappa shape index (κ1) is 21.9. The molecule has 2 N–H and O–H groups in total. The lowest BCUT2D eigenvalue weighted by molar-refractivity contribution is 0.0698. The molecule has 0 aromatic carbocycles. The van der Waals surface area contributed by atoms with Crippen molar-refractivity contribution in [3.05, 3.63) is 0 Å². The van der Waals surface area contributed by atoms with Gasteiger partial charge in [-0.15, -0.1) is 24.0 Å². The van der Waals surface area contributed by atoms with E-state index in [1.807, 2.05) is 7.05 Å². The molecule has 1 heterocycles. The van der Waals surface area contributed by atoms with Crippen molar-refractivity contribution in [3.8, 4) is 0 Å². The van der Waals surface area contributed by atoms with Crippen molar-refractivity contribution in [2.75, 3.05) is 67.2 Å². The second-order valence-electron chi connectivity index (χ2n) is 5.59. The van der Waals surface area contributed by atoms with Crippen molar-refractivity contribution in [1.82, 2.24) is 15.5 Å². The summed E-state index contributed by atoms with van der Waals surface area (Å²) >= 11 is 0. The Morgan fingerprint density at radius 3 is 2.55 bits per heavy atom. The van der Waals surface area contributed by atoms with Gasteiger partial charge in [0.1, 0.15) is 0 Å². The number of nitrogens with one attached hydrogen (secondary N) is 2. The predicted octanol–water partition coefficient (Wildman–Crippen LogP) is 1.16. The molecule has 0 aromatic rings. The van der Waals surface area contributed by atoms with E-state index in [4.69, 9.17) is 9.47 Å². The Hall–Kier alpha value is -0.120. The summed E-state index contributed by atoms with van der Waals surface area (Å²) < 4.78 is 10.4. The average Bonchev–Trinajstić information content (AvgIpc) is 2.51. The predicted molar refractivity (Wildman–Crippen MR) is 102 cm³/mol. The Bertz CT molecular complexity index is 285. The van der Waals surface area contributed by atoms with E-state index in [2.05, 4.69) is 27.6 Å². The van der Waals surface area contributed by atoms with E-state index in [-0.39, 0.29) is 24.0 Å². The Morgan fingerprint density at radius 2 is 1.91 bits per heavy atom. The monoisotopic (exact) mass is 428 g/mol. The maximum atomic E-state index is 5.42. The zero-order valence-corrected chi connectivity index (χ0v) is 16.6. The molecule has 1 aliphatic heterocycles. The summed E-state index contributed by atoms with van der Waals surface area (Å²) in [5.74, 6) is 1.66. The summed E-state index contributed by atoms with van der Waals surface area (Å²) in [6, 6.07) is 0. The minimum Gasteiger partial charge on any atom is -0.382 e. The third kappa shape index (κ3) is 10.6. The fourth-order valence-electron chi connectivity index (χ4n) is 2.35. The summed E-state index contributed by atoms with van der Waals surface area (Å²) in [5.41, 5.74) is 0. The van der Waals surface area contributed by atoms with Crippen molar-refractivity contribution < 1.29 is 9.47 Å². The molecule has 1 saturated heterocycles. The van der Waals surface area contributed by atoms with Crippen LogP contribution in [-0.2, 0) is 9.47 Å². The van der Waals surface area contributed by atoms with Crippen molar-refractivity contribution in [1.29, 1.82) is 0 Å². The van der Waals surface area contributed by atoms with E-state index in [9.17, 15) is 0 Å². The van der Waals surface area contributed by atoms with Crippen LogP contribution in [0.3, 0.4) is 0 Å². The van der Waals surface area contributed by atoms with Crippen LogP contribution >= 0.6 is 24.0 Å². The Labute approximate surface area is 152 Å². The lowest BCUT2D eigenvalue weighted by Gasteiger charge is -2.29. The van der Waals surface area contributed by atoms with Gasteiger partial charge >= 0.3 is 0 Å². The van der Waals surface area contributed by atoms with E-state index in [0.717, 1.165) is 38.0 Å². The highest BCUT2D eigenvalue weighted by atomic mass is 127. The van der Waals surface area contributed by atoms with Crippen LogP contribution in [0.1, 0.15) is 19.3 Å². The highest BCUT2D eigenvalue weighted by Gasteiger charge is 2.16. The average molecular weight is 428 g/mol. The van der Waals surface area contributed by atoms with Crippen LogP contribution in [0, 0.1) is 5.92 Å². The fourth-order valence-corrected chi connectivity index (χ4v) is 2.35. The van der Waals surface area contributed by atoms with Crippen LogP contribution in [0.25, 0.3) is 0 Å². The zero-order chi connectivity index (χ0) is 15.3. The summed E-state index contributed by atoms with van der Waals surface area (Å²) in [5, 5.41) is 6.75. The van der Waals surface area contributed by atoms with E-state index >= 15 is 0 Å². The Kier molecular flexibility index (Phi) is 14.4. The first-order valence-corrected chi connectivity index (χ1v) is 7.96. The first-order chi connectivity index (χ1) is 10.3. The smallest absolute Gasteiger partial charge is 0.190 e. The summed E-state index contributed by atoms with van der Waals surface area (Å²) in [6.45, 7) is 6.38. The highest BCUT2D eigenvalue weighted by Crippen LogP contribution is 2.14. The number of guanidine groups is 1. The van der Waals surface area contributed by atoms with E-state index < -0.39 is 0 Å². The number of aliphatic imine (C=N–C) groups is 1. The molecule has 1 aliphatic rings. The van der Waals surface area contributed by atoms with E-state index in [0.29, 0.717) is 13.2 Å². The molecule has 0 spiro atoms. The lowest BCUT2D eigenvalue weighted by Crippen LogP contribution is -2.42. The number of halogens is 1. The molecular formula is C15H33IN4O2. The lowest BCUT2D eigenvalue weighted by atomic mass is 9.97. The van der Waals surface area contributed by atoms with Gasteiger partial charge in [-0.05, 0) is 45.3 Å². The molecule has 132 valence electrons. The minimum atomic E-state index is 0. The number of nitrogens with zero attached hydrogens (tertiary/aromatic N) is 2. The molecule has 0 aromatic heterocycles. The molecule has 0 aliphatic carbocycles. The summed E-state index contributed by atoms with van der Waals surface area (Å²) in [7, 11) is 5.70. The van der Waals surface area contributed by atoms with Gasteiger partial charge in [0.25, 0.3) is 0 Å². The number of methoxy groups -OCH3 is 1. The quantitative estimate of drug-likeness (QED) is 0.250. The molecule has 0 amide bonds. The van der Waals surface area contributed by atoms with Crippen LogP contribution in [0.2, 0.25) is 0 Å². The minimum absolute atomic E-state index is 0. The molecule has 22 heavy (non-hydrogen) atoms. The van der Waals surface area contributed by atoms with Gasteiger partial charge in [0.2, 0.25) is 0 Å². The van der Waals surface area contributed by atoms with Gasteiger partial charge in [-0.2, -0.15) is 0 Å². The number of piperidine rings is 1. The summed E-state index contributed by atoms with van der Waals surface area (Å²) in [6.07, 6.45) is 3.51. The number of likely N-dealkylation sites (tertiary alicyclic amines) is 1. The van der Waals surface area contributed by atoms with Crippen LogP contribution in [0.15, 0.2) is 4.99 Å².